The molecule has 3 unspecified atom stereocenters. The Bertz CT molecular complexity index is 612. The number of nitrogens with one attached hydrogen (secondary N) is 3. The minimum Gasteiger partial charge on any atom is -0.480 e. The van der Waals surface area contributed by atoms with Crippen LogP contribution in [-0.2, 0) is 24.0 Å². The summed E-state index contributed by atoms with van der Waals surface area (Å²) in [5.41, 5.74) is 15.9. The predicted molar refractivity (Wildman–Crippen MR) is 109 cm³/mol. The second-order valence-electron chi connectivity index (χ2n) is 7.37. The number of carbonyl (C=O) groups excluding carboxylic acids is 4. The normalized spacial score (nSPS) is 13.8. The number of primary amides is 1. The monoisotopic (exact) mass is 430 g/mol. The van der Waals surface area contributed by atoms with E-state index in [4.69, 9.17) is 17.2 Å². The number of carboxylic acid groups (broad SMARTS) is 1. The second-order valence-corrected chi connectivity index (χ2v) is 7.37. The van der Waals surface area contributed by atoms with Crippen molar-refractivity contribution in [3.8, 4) is 0 Å². The third-order valence-electron chi connectivity index (χ3n) is 4.14. The number of aliphatic carboxylic acids is 1. The van der Waals surface area contributed by atoms with E-state index >= 15 is 0 Å². The number of amides is 4. The van der Waals surface area contributed by atoms with E-state index in [1.54, 1.807) is 13.8 Å². The first-order valence-corrected chi connectivity index (χ1v) is 9.83. The zero-order valence-corrected chi connectivity index (χ0v) is 17.5. The summed E-state index contributed by atoms with van der Waals surface area (Å²) >= 11 is 0. The molecule has 0 aliphatic heterocycles. The average molecular weight is 431 g/mol. The maximum absolute atomic E-state index is 12.6. The van der Waals surface area contributed by atoms with Crippen LogP contribution in [0.1, 0.15) is 46.0 Å². The van der Waals surface area contributed by atoms with Gasteiger partial charge in [-0.3, -0.25) is 19.2 Å². The molecule has 172 valence electrons. The minimum absolute atomic E-state index is 0.0195. The van der Waals surface area contributed by atoms with Crippen LogP contribution in [0.3, 0.4) is 0 Å². The SMILES string of the molecule is CC(C)CC(NC(=O)C(CC(N)=O)NC(=O)C(CCCCN)NC(=O)CN)C(=O)O. The number of nitrogens with two attached hydrogens (primary N) is 3. The molecule has 3 atom stereocenters. The lowest BCUT2D eigenvalue weighted by Gasteiger charge is -2.24. The lowest BCUT2D eigenvalue weighted by Crippen LogP contribution is -2.57. The van der Waals surface area contributed by atoms with Gasteiger partial charge < -0.3 is 38.3 Å². The highest BCUT2D eigenvalue weighted by atomic mass is 16.4. The lowest BCUT2D eigenvalue weighted by molar-refractivity contribution is -0.143. The van der Waals surface area contributed by atoms with Crippen LogP contribution in [0.4, 0.5) is 0 Å². The van der Waals surface area contributed by atoms with Crippen molar-refractivity contribution in [2.45, 2.75) is 64.1 Å². The Balaban J connectivity index is 5.34. The van der Waals surface area contributed by atoms with Crippen molar-refractivity contribution in [3.63, 3.8) is 0 Å². The van der Waals surface area contributed by atoms with E-state index in [9.17, 15) is 29.1 Å². The largest absolute Gasteiger partial charge is 0.480 e. The van der Waals surface area contributed by atoms with Crippen molar-refractivity contribution in [2.75, 3.05) is 13.1 Å². The van der Waals surface area contributed by atoms with Crippen LogP contribution in [-0.4, -0.2) is 65.9 Å². The lowest BCUT2D eigenvalue weighted by atomic mass is 10.0. The van der Waals surface area contributed by atoms with Gasteiger partial charge in [0.25, 0.3) is 0 Å². The summed E-state index contributed by atoms with van der Waals surface area (Å²) in [5, 5.41) is 16.4. The Kier molecular flexibility index (Phi) is 13.0. The van der Waals surface area contributed by atoms with Crippen LogP contribution in [0.15, 0.2) is 0 Å². The Morgan fingerprint density at radius 2 is 1.43 bits per heavy atom. The van der Waals surface area contributed by atoms with Gasteiger partial charge in [0.1, 0.15) is 18.1 Å². The molecule has 0 aromatic rings. The highest BCUT2D eigenvalue weighted by molar-refractivity contribution is 5.95. The number of unbranched alkanes of at least 4 members (excludes halogenated alkanes) is 1. The number of carbonyl (C=O) groups is 5. The molecule has 0 rings (SSSR count). The summed E-state index contributed by atoms with van der Waals surface area (Å²) in [7, 11) is 0. The average Bonchev–Trinajstić information content (AvgIpc) is 2.65. The van der Waals surface area contributed by atoms with Crippen molar-refractivity contribution in [2.24, 2.45) is 23.1 Å². The van der Waals surface area contributed by atoms with Gasteiger partial charge in [-0.15, -0.1) is 0 Å². The zero-order valence-electron chi connectivity index (χ0n) is 17.5. The fourth-order valence-electron chi connectivity index (χ4n) is 2.66. The van der Waals surface area contributed by atoms with Crippen molar-refractivity contribution in [3.05, 3.63) is 0 Å². The Morgan fingerprint density at radius 1 is 0.867 bits per heavy atom. The molecular weight excluding hydrogens is 396 g/mol. The van der Waals surface area contributed by atoms with Gasteiger partial charge in [-0.2, -0.15) is 0 Å². The number of hydrogen-bond donors (Lipinski definition) is 7. The van der Waals surface area contributed by atoms with E-state index in [2.05, 4.69) is 16.0 Å². The standard InChI is InChI=1S/C18H34N6O6/c1-10(2)7-13(18(29)30)24-17(28)12(8-14(21)25)23-16(27)11(5-3-4-6-19)22-15(26)9-20/h10-13H,3-9,19-20H2,1-2H3,(H2,21,25)(H,22,26)(H,23,27)(H,24,28)(H,29,30). The topological polar surface area (TPSA) is 220 Å². The molecule has 30 heavy (non-hydrogen) atoms. The molecule has 0 spiro atoms. The molecule has 0 heterocycles. The highest BCUT2D eigenvalue weighted by Gasteiger charge is 2.30. The van der Waals surface area contributed by atoms with Gasteiger partial charge >= 0.3 is 5.97 Å². The fraction of sp³-hybridized carbons (Fsp3) is 0.722. The van der Waals surface area contributed by atoms with Crippen LogP contribution >= 0.6 is 0 Å². The van der Waals surface area contributed by atoms with Crippen molar-refractivity contribution in [1.29, 1.82) is 0 Å². The van der Waals surface area contributed by atoms with E-state index in [0.29, 0.717) is 19.4 Å². The molecule has 10 N–H and O–H groups in total. The van der Waals surface area contributed by atoms with Crippen LogP contribution in [0.5, 0.6) is 0 Å². The predicted octanol–water partition coefficient (Wildman–Crippen LogP) is -2.47. The Morgan fingerprint density at radius 3 is 1.90 bits per heavy atom. The molecule has 0 radical (unpaired) electrons. The summed E-state index contributed by atoms with van der Waals surface area (Å²) in [6.45, 7) is 3.65. The third-order valence-corrected chi connectivity index (χ3v) is 4.14. The molecular formula is C18H34N6O6. The van der Waals surface area contributed by atoms with Gasteiger partial charge in [0.05, 0.1) is 13.0 Å². The molecule has 0 fully saturated rings. The van der Waals surface area contributed by atoms with E-state index in [0.717, 1.165) is 0 Å². The van der Waals surface area contributed by atoms with Crippen LogP contribution in [0.2, 0.25) is 0 Å². The smallest absolute Gasteiger partial charge is 0.326 e. The number of carboxylic acids is 1. The summed E-state index contributed by atoms with van der Waals surface area (Å²) in [6.07, 6.45) is 1.01. The van der Waals surface area contributed by atoms with E-state index < -0.39 is 54.1 Å². The Labute approximate surface area is 175 Å². The maximum Gasteiger partial charge on any atom is 0.326 e. The summed E-state index contributed by atoms with van der Waals surface area (Å²) in [5.74, 6) is -4.27. The maximum atomic E-state index is 12.6. The van der Waals surface area contributed by atoms with Crippen LogP contribution < -0.4 is 33.2 Å². The summed E-state index contributed by atoms with van der Waals surface area (Å²) in [4.78, 5) is 59.6. The first-order valence-electron chi connectivity index (χ1n) is 9.83. The van der Waals surface area contributed by atoms with Crippen molar-refractivity contribution < 1.29 is 29.1 Å². The van der Waals surface area contributed by atoms with E-state index in [-0.39, 0.29) is 25.3 Å². The molecule has 4 amide bonds. The van der Waals surface area contributed by atoms with Gasteiger partial charge in [-0.05, 0) is 38.1 Å². The highest BCUT2D eigenvalue weighted by Crippen LogP contribution is 2.07. The molecule has 0 aromatic heterocycles. The van der Waals surface area contributed by atoms with Crippen LogP contribution in [0.25, 0.3) is 0 Å². The molecule has 0 bridgehead atoms. The van der Waals surface area contributed by atoms with Gasteiger partial charge in [-0.1, -0.05) is 13.8 Å². The molecule has 12 heteroatoms. The first-order chi connectivity index (χ1) is 14.0. The quantitative estimate of drug-likeness (QED) is 0.138. The summed E-state index contributed by atoms with van der Waals surface area (Å²) < 4.78 is 0. The van der Waals surface area contributed by atoms with Crippen molar-refractivity contribution >= 4 is 29.6 Å². The molecule has 0 aliphatic rings. The molecule has 0 saturated carbocycles. The van der Waals surface area contributed by atoms with Gasteiger partial charge in [0, 0.05) is 0 Å². The third kappa shape index (κ3) is 11.3. The van der Waals surface area contributed by atoms with E-state index in [1.165, 1.54) is 0 Å². The zero-order chi connectivity index (χ0) is 23.3. The molecule has 0 saturated heterocycles. The van der Waals surface area contributed by atoms with Crippen LogP contribution in [0, 0.1) is 5.92 Å². The van der Waals surface area contributed by atoms with Gasteiger partial charge in [0.2, 0.25) is 23.6 Å². The summed E-state index contributed by atoms with van der Waals surface area (Å²) in [6, 6.07) is -3.58. The fourth-order valence-corrected chi connectivity index (χ4v) is 2.66. The van der Waals surface area contributed by atoms with Crippen molar-refractivity contribution in [1.82, 2.24) is 16.0 Å². The van der Waals surface area contributed by atoms with E-state index in [1.807, 2.05) is 0 Å². The second kappa shape index (κ2) is 14.3. The number of rotatable bonds is 15. The molecule has 12 nitrogen and oxygen atoms in total. The molecule has 0 aliphatic carbocycles. The number of hydrogen-bond acceptors (Lipinski definition) is 7. The Hall–Kier alpha value is -2.73. The minimum atomic E-state index is -1.39. The molecule has 0 aromatic carbocycles. The van der Waals surface area contributed by atoms with Gasteiger partial charge in [0.15, 0.2) is 0 Å². The first kappa shape index (κ1) is 27.3. The van der Waals surface area contributed by atoms with Gasteiger partial charge in [-0.25, -0.2) is 4.79 Å².